The normalized spacial score (nSPS) is 24.5. The number of rotatable bonds is 2. The molecule has 2 unspecified atom stereocenters. The molecule has 1 aromatic rings. The fraction of sp³-hybridized carbons (Fsp3) is 0.273. The molecule has 1 aliphatic rings. The number of carbonyl (C=O) groups is 1. The molecule has 1 aromatic carbocycles. The Morgan fingerprint density at radius 1 is 1.40 bits per heavy atom. The number of carboxylic acids is 1. The van der Waals surface area contributed by atoms with Gasteiger partial charge in [-0.3, -0.25) is 4.79 Å². The average Bonchev–Trinajstić information content (AvgIpc) is 2.61. The van der Waals surface area contributed by atoms with Gasteiger partial charge in [-0.25, -0.2) is 0 Å². The monoisotopic (exact) mass is 204 g/mol. The number of nitrogens with one attached hydrogen (secondary N) is 1. The van der Waals surface area contributed by atoms with Gasteiger partial charge in [0.2, 0.25) is 0 Å². The van der Waals surface area contributed by atoms with Gasteiger partial charge in [0.15, 0.2) is 0 Å². The van der Waals surface area contributed by atoms with Crippen LogP contribution in [0.15, 0.2) is 35.4 Å². The number of benzene rings is 1. The molecule has 78 valence electrons. The molecule has 2 N–H and O–H groups in total. The van der Waals surface area contributed by atoms with Gasteiger partial charge in [0.25, 0.3) is 0 Å². The summed E-state index contributed by atoms with van der Waals surface area (Å²) < 4.78 is 0. The zero-order valence-corrected chi connectivity index (χ0v) is 8.34. The Morgan fingerprint density at radius 3 is 2.67 bits per heavy atom. The second kappa shape index (κ2) is 3.73. The van der Waals surface area contributed by atoms with Crippen LogP contribution in [0.3, 0.4) is 0 Å². The van der Waals surface area contributed by atoms with Crippen molar-refractivity contribution >= 4 is 11.7 Å². The number of aliphatic carboxylic acids is 1. The predicted molar refractivity (Wildman–Crippen MR) is 56.6 cm³/mol. The first kappa shape index (κ1) is 9.71. The van der Waals surface area contributed by atoms with Crippen LogP contribution in [0.5, 0.6) is 0 Å². The van der Waals surface area contributed by atoms with Crippen LogP contribution in [0.1, 0.15) is 18.5 Å². The van der Waals surface area contributed by atoms with Crippen LogP contribution >= 0.6 is 0 Å². The molecule has 0 spiro atoms. The van der Waals surface area contributed by atoms with E-state index in [9.17, 15) is 4.79 Å². The fourth-order valence-electron chi connectivity index (χ4n) is 1.81. The van der Waals surface area contributed by atoms with E-state index in [2.05, 4.69) is 10.5 Å². The van der Waals surface area contributed by atoms with Gasteiger partial charge in [-0.1, -0.05) is 30.3 Å². The van der Waals surface area contributed by atoms with E-state index in [4.69, 9.17) is 5.11 Å². The molecule has 1 heterocycles. The first-order chi connectivity index (χ1) is 7.20. The largest absolute Gasteiger partial charge is 0.481 e. The number of carboxylic acid groups (broad SMARTS) is 1. The van der Waals surface area contributed by atoms with Gasteiger partial charge in [0, 0.05) is 0 Å². The van der Waals surface area contributed by atoms with E-state index in [0.29, 0.717) is 5.71 Å². The summed E-state index contributed by atoms with van der Waals surface area (Å²) in [5.74, 6) is -1.40. The predicted octanol–water partition coefficient (Wildman–Crippen LogP) is 1.41. The lowest BCUT2D eigenvalue weighted by Gasteiger charge is -2.16. The summed E-state index contributed by atoms with van der Waals surface area (Å²) in [7, 11) is 0. The Bertz CT molecular complexity index is 400. The van der Waals surface area contributed by atoms with Gasteiger partial charge >= 0.3 is 5.97 Å². The maximum atomic E-state index is 11.1. The lowest BCUT2D eigenvalue weighted by Crippen LogP contribution is -2.27. The van der Waals surface area contributed by atoms with E-state index in [0.717, 1.165) is 5.56 Å². The topological polar surface area (TPSA) is 61.7 Å². The molecule has 0 fully saturated rings. The van der Waals surface area contributed by atoms with E-state index < -0.39 is 11.9 Å². The minimum Gasteiger partial charge on any atom is -0.481 e. The minimum atomic E-state index is -0.838. The highest BCUT2D eigenvalue weighted by Gasteiger charge is 2.35. The van der Waals surface area contributed by atoms with Crippen molar-refractivity contribution in [1.29, 1.82) is 0 Å². The van der Waals surface area contributed by atoms with Gasteiger partial charge in [-0.15, -0.1) is 0 Å². The van der Waals surface area contributed by atoms with Crippen molar-refractivity contribution in [2.24, 2.45) is 11.0 Å². The van der Waals surface area contributed by atoms with Crippen molar-refractivity contribution in [3.63, 3.8) is 0 Å². The van der Waals surface area contributed by atoms with E-state index >= 15 is 0 Å². The van der Waals surface area contributed by atoms with Gasteiger partial charge < -0.3 is 10.5 Å². The molecular weight excluding hydrogens is 192 g/mol. The quantitative estimate of drug-likeness (QED) is 0.765. The molecule has 2 atom stereocenters. The van der Waals surface area contributed by atoms with Crippen LogP contribution < -0.4 is 5.43 Å². The van der Waals surface area contributed by atoms with Crippen molar-refractivity contribution < 1.29 is 9.90 Å². The van der Waals surface area contributed by atoms with Crippen LogP contribution in [0.2, 0.25) is 0 Å². The molecular formula is C11H12N2O2. The van der Waals surface area contributed by atoms with Gasteiger partial charge in [-0.2, -0.15) is 5.10 Å². The van der Waals surface area contributed by atoms with Gasteiger partial charge in [0.1, 0.15) is 5.92 Å². The van der Waals surface area contributed by atoms with E-state index in [1.165, 1.54) is 0 Å². The molecule has 0 saturated carbocycles. The first-order valence-corrected chi connectivity index (χ1v) is 4.77. The SMILES string of the molecule is CC1=NNC(c2ccccc2)C1C(=O)O. The van der Waals surface area contributed by atoms with Crippen molar-refractivity contribution in [3.05, 3.63) is 35.9 Å². The Balaban J connectivity index is 2.29. The van der Waals surface area contributed by atoms with Crippen LogP contribution in [-0.4, -0.2) is 16.8 Å². The number of hydrazone groups is 1. The summed E-state index contributed by atoms with van der Waals surface area (Å²) in [6.45, 7) is 1.73. The second-order valence-corrected chi connectivity index (χ2v) is 3.59. The summed E-state index contributed by atoms with van der Waals surface area (Å²) in [6, 6.07) is 9.25. The third-order valence-corrected chi connectivity index (χ3v) is 2.59. The zero-order valence-electron chi connectivity index (χ0n) is 8.34. The molecule has 4 heteroatoms. The van der Waals surface area contributed by atoms with Crippen LogP contribution in [-0.2, 0) is 4.79 Å². The Kier molecular flexibility index (Phi) is 2.41. The molecule has 0 radical (unpaired) electrons. The summed E-state index contributed by atoms with van der Waals surface area (Å²) in [6.07, 6.45) is 0. The maximum absolute atomic E-state index is 11.1. The van der Waals surface area contributed by atoms with E-state index in [-0.39, 0.29) is 6.04 Å². The van der Waals surface area contributed by atoms with E-state index in [1.807, 2.05) is 30.3 Å². The minimum absolute atomic E-state index is 0.247. The summed E-state index contributed by atoms with van der Waals surface area (Å²) in [4.78, 5) is 11.1. The molecule has 2 rings (SSSR count). The Morgan fingerprint density at radius 2 is 2.07 bits per heavy atom. The maximum Gasteiger partial charge on any atom is 0.314 e. The number of hydrogen-bond donors (Lipinski definition) is 2. The highest BCUT2D eigenvalue weighted by molar-refractivity contribution is 6.02. The molecule has 0 amide bonds. The summed E-state index contributed by atoms with van der Waals surface area (Å²) in [5.41, 5.74) is 4.43. The van der Waals surface area contributed by atoms with Crippen LogP contribution in [0, 0.1) is 5.92 Å². The molecule has 4 nitrogen and oxygen atoms in total. The number of nitrogens with zero attached hydrogens (tertiary/aromatic N) is 1. The molecule has 0 saturated heterocycles. The van der Waals surface area contributed by atoms with Crippen molar-refractivity contribution in [2.75, 3.05) is 0 Å². The summed E-state index contributed by atoms with van der Waals surface area (Å²) in [5, 5.41) is 13.1. The molecule has 1 aliphatic heterocycles. The third-order valence-electron chi connectivity index (χ3n) is 2.59. The lowest BCUT2D eigenvalue weighted by atomic mass is 9.91. The number of hydrogen-bond acceptors (Lipinski definition) is 3. The lowest BCUT2D eigenvalue weighted by molar-refractivity contribution is -0.139. The van der Waals surface area contributed by atoms with Crippen LogP contribution in [0.4, 0.5) is 0 Å². The molecule has 0 aliphatic carbocycles. The van der Waals surface area contributed by atoms with Crippen molar-refractivity contribution in [2.45, 2.75) is 13.0 Å². The standard InChI is InChI=1S/C11H12N2O2/c1-7-9(11(14)15)10(13-12-7)8-5-3-2-4-6-8/h2-6,9-10,13H,1H3,(H,14,15). The highest BCUT2D eigenvalue weighted by Crippen LogP contribution is 2.27. The molecule has 0 bridgehead atoms. The first-order valence-electron chi connectivity index (χ1n) is 4.77. The van der Waals surface area contributed by atoms with Gasteiger partial charge in [0.05, 0.1) is 11.8 Å². The van der Waals surface area contributed by atoms with Gasteiger partial charge in [-0.05, 0) is 12.5 Å². The fourth-order valence-corrected chi connectivity index (χ4v) is 1.81. The van der Waals surface area contributed by atoms with Crippen molar-refractivity contribution in [1.82, 2.24) is 5.43 Å². The average molecular weight is 204 g/mol. The van der Waals surface area contributed by atoms with E-state index in [1.54, 1.807) is 6.92 Å². The Hall–Kier alpha value is -1.84. The van der Waals surface area contributed by atoms with Crippen molar-refractivity contribution in [3.8, 4) is 0 Å². The molecule has 0 aromatic heterocycles. The second-order valence-electron chi connectivity index (χ2n) is 3.59. The smallest absolute Gasteiger partial charge is 0.314 e. The highest BCUT2D eigenvalue weighted by atomic mass is 16.4. The molecule has 15 heavy (non-hydrogen) atoms. The zero-order chi connectivity index (χ0) is 10.8. The Labute approximate surface area is 87.6 Å². The summed E-state index contributed by atoms with van der Waals surface area (Å²) >= 11 is 0. The van der Waals surface area contributed by atoms with Crippen LogP contribution in [0.25, 0.3) is 0 Å². The third kappa shape index (κ3) is 1.70.